The van der Waals surface area contributed by atoms with Gasteiger partial charge in [0.05, 0.1) is 0 Å². The smallest absolute Gasteiger partial charge is 0.279 e. The molecule has 1 unspecified atom stereocenters. The SMILES string of the molecule is CCCC(=O)NS(=O)(=O)C(C)(O)N1CC=C(c2ccc(C#CCC3CCCCC3)cc2)CC1. The second-order valence-corrected chi connectivity index (χ2v) is 11.2. The summed E-state index contributed by atoms with van der Waals surface area (Å²) in [5.41, 5.74) is 3.19. The molecule has 1 aliphatic heterocycles. The van der Waals surface area contributed by atoms with Crippen molar-refractivity contribution in [2.45, 2.75) is 76.7 Å². The monoisotopic (exact) mass is 472 g/mol. The second kappa shape index (κ2) is 11.3. The summed E-state index contributed by atoms with van der Waals surface area (Å²) in [7, 11) is -4.25. The van der Waals surface area contributed by atoms with E-state index < -0.39 is 21.0 Å². The lowest BCUT2D eigenvalue weighted by Gasteiger charge is -2.37. The van der Waals surface area contributed by atoms with Crippen LogP contribution in [0.1, 0.15) is 82.8 Å². The number of hydrogen-bond donors (Lipinski definition) is 2. The standard InChI is InChI=1S/C26H36N2O4S/c1-3-8-25(29)27-33(31,32)26(2,30)28-19-17-24(18-20-28)23-15-13-22(14-16-23)12-7-11-21-9-5-4-6-10-21/h13-17,21,30H,3-6,8-11,18-20H2,1-2H3,(H,27,29). The minimum Gasteiger partial charge on any atom is -0.361 e. The maximum atomic E-state index is 12.6. The first-order valence-electron chi connectivity index (χ1n) is 12.0. The average Bonchev–Trinajstić information content (AvgIpc) is 2.80. The van der Waals surface area contributed by atoms with Crippen LogP contribution in [0.5, 0.6) is 0 Å². The van der Waals surface area contributed by atoms with E-state index >= 15 is 0 Å². The van der Waals surface area contributed by atoms with Gasteiger partial charge in [-0.25, -0.2) is 13.1 Å². The van der Waals surface area contributed by atoms with Gasteiger partial charge in [-0.05, 0) is 61.8 Å². The fourth-order valence-electron chi connectivity index (χ4n) is 4.46. The Morgan fingerprint density at radius 3 is 2.52 bits per heavy atom. The summed E-state index contributed by atoms with van der Waals surface area (Å²) >= 11 is 0. The van der Waals surface area contributed by atoms with Gasteiger partial charge in [-0.15, -0.1) is 0 Å². The Labute approximate surface area is 198 Å². The molecule has 1 atom stereocenters. The summed E-state index contributed by atoms with van der Waals surface area (Å²) in [5, 5.41) is 8.56. The van der Waals surface area contributed by atoms with Crippen molar-refractivity contribution in [1.29, 1.82) is 0 Å². The molecule has 1 fully saturated rings. The van der Waals surface area contributed by atoms with Crippen LogP contribution in [-0.4, -0.2) is 42.5 Å². The van der Waals surface area contributed by atoms with E-state index in [9.17, 15) is 18.3 Å². The Morgan fingerprint density at radius 2 is 1.91 bits per heavy atom. The lowest BCUT2D eigenvalue weighted by molar-refractivity contribution is -0.119. The van der Waals surface area contributed by atoms with Crippen molar-refractivity contribution in [3.05, 3.63) is 41.5 Å². The van der Waals surface area contributed by atoms with Gasteiger partial charge >= 0.3 is 0 Å². The second-order valence-electron chi connectivity index (χ2n) is 9.23. The van der Waals surface area contributed by atoms with Crippen LogP contribution >= 0.6 is 0 Å². The molecular formula is C26H36N2O4S. The first-order valence-corrected chi connectivity index (χ1v) is 13.5. The van der Waals surface area contributed by atoms with E-state index in [1.165, 1.54) is 43.9 Å². The number of benzene rings is 1. The summed E-state index contributed by atoms with van der Waals surface area (Å²) in [6.07, 6.45) is 10.8. The van der Waals surface area contributed by atoms with Gasteiger partial charge in [0.15, 0.2) is 0 Å². The van der Waals surface area contributed by atoms with Crippen molar-refractivity contribution in [2.24, 2.45) is 5.92 Å². The molecule has 1 aromatic carbocycles. The number of carbonyl (C=O) groups is 1. The average molecular weight is 473 g/mol. The van der Waals surface area contributed by atoms with Crippen molar-refractivity contribution in [3.63, 3.8) is 0 Å². The van der Waals surface area contributed by atoms with Crippen molar-refractivity contribution >= 4 is 21.5 Å². The van der Waals surface area contributed by atoms with Crippen LogP contribution in [0.3, 0.4) is 0 Å². The summed E-state index contributed by atoms with van der Waals surface area (Å²) in [6.45, 7) is 3.64. The highest BCUT2D eigenvalue weighted by Gasteiger charge is 2.44. The van der Waals surface area contributed by atoms with Gasteiger partial charge in [0.2, 0.25) is 11.0 Å². The van der Waals surface area contributed by atoms with Crippen LogP contribution in [0.15, 0.2) is 30.3 Å². The molecule has 7 heteroatoms. The molecule has 0 spiro atoms. The molecule has 2 aliphatic rings. The summed E-state index contributed by atoms with van der Waals surface area (Å²) in [6, 6.07) is 8.15. The maximum Gasteiger partial charge on any atom is 0.279 e. The highest BCUT2D eigenvalue weighted by atomic mass is 32.2. The molecule has 0 aromatic heterocycles. The summed E-state index contributed by atoms with van der Waals surface area (Å²) in [5.74, 6) is 6.77. The Hall–Kier alpha value is -2.14. The van der Waals surface area contributed by atoms with Gasteiger partial charge < -0.3 is 5.11 Å². The Kier molecular flexibility index (Phi) is 8.75. The lowest BCUT2D eigenvalue weighted by Crippen LogP contribution is -2.58. The van der Waals surface area contributed by atoms with Crippen molar-refractivity contribution in [1.82, 2.24) is 9.62 Å². The Morgan fingerprint density at radius 1 is 1.21 bits per heavy atom. The third kappa shape index (κ3) is 6.69. The third-order valence-corrected chi connectivity index (χ3v) is 8.41. The third-order valence-electron chi connectivity index (χ3n) is 6.63. The molecule has 1 heterocycles. The van der Waals surface area contributed by atoms with E-state index in [2.05, 4.69) is 11.8 Å². The van der Waals surface area contributed by atoms with Crippen molar-refractivity contribution in [2.75, 3.05) is 13.1 Å². The molecular weight excluding hydrogens is 436 g/mol. The zero-order valence-corrected chi connectivity index (χ0v) is 20.6. The van der Waals surface area contributed by atoms with Gasteiger partial charge in [0.25, 0.3) is 10.0 Å². The zero-order valence-electron chi connectivity index (χ0n) is 19.8. The topological polar surface area (TPSA) is 86.7 Å². The fourth-order valence-corrected chi connectivity index (χ4v) is 5.56. The number of hydrogen-bond acceptors (Lipinski definition) is 5. The van der Waals surface area contributed by atoms with E-state index in [1.54, 1.807) is 6.92 Å². The summed E-state index contributed by atoms with van der Waals surface area (Å²) in [4.78, 5) is 13.2. The molecule has 180 valence electrons. The van der Waals surface area contributed by atoms with E-state index in [-0.39, 0.29) is 13.0 Å². The quantitative estimate of drug-likeness (QED) is 0.586. The van der Waals surface area contributed by atoms with E-state index in [0.717, 1.165) is 29.0 Å². The highest BCUT2D eigenvalue weighted by molar-refractivity contribution is 7.91. The number of nitrogens with one attached hydrogen (secondary N) is 1. The molecule has 2 N–H and O–H groups in total. The normalized spacial score (nSPS) is 19.7. The molecule has 33 heavy (non-hydrogen) atoms. The Bertz CT molecular complexity index is 1010. The fraction of sp³-hybridized carbons (Fsp3) is 0.577. The van der Waals surface area contributed by atoms with Gasteiger partial charge in [-0.2, -0.15) is 0 Å². The first kappa shape index (κ1) is 25.5. The number of nitrogens with zero attached hydrogens (tertiary/aromatic N) is 1. The first-order chi connectivity index (χ1) is 15.7. The molecule has 0 saturated heterocycles. The number of sulfonamides is 1. The minimum atomic E-state index is -4.25. The van der Waals surface area contributed by atoms with Gasteiger partial charge in [-0.1, -0.05) is 56.2 Å². The minimum absolute atomic E-state index is 0.0975. The zero-order chi connectivity index (χ0) is 23.9. The Balaban J connectivity index is 1.59. The molecule has 1 aliphatic carbocycles. The molecule has 3 rings (SSSR count). The number of amides is 1. The predicted molar refractivity (Wildman–Crippen MR) is 131 cm³/mol. The molecule has 1 aromatic rings. The van der Waals surface area contributed by atoms with Crippen molar-refractivity contribution in [3.8, 4) is 11.8 Å². The maximum absolute atomic E-state index is 12.6. The van der Waals surface area contributed by atoms with Crippen LogP contribution < -0.4 is 4.72 Å². The molecule has 6 nitrogen and oxygen atoms in total. The van der Waals surface area contributed by atoms with Crippen LogP contribution in [0.4, 0.5) is 0 Å². The van der Waals surface area contributed by atoms with E-state index in [1.807, 2.05) is 35.1 Å². The van der Waals surface area contributed by atoms with Crippen LogP contribution in [0.25, 0.3) is 5.57 Å². The molecule has 0 radical (unpaired) electrons. The molecule has 1 saturated carbocycles. The number of rotatable bonds is 7. The van der Waals surface area contributed by atoms with Gasteiger partial charge in [-0.3, -0.25) is 9.69 Å². The van der Waals surface area contributed by atoms with Gasteiger partial charge in [0, 0.05) is 31.5 Å². The number of carbonyl (C=O) groups excluding carboxylic acids is 1. The van der Waals surface area contributed by atoms with Crippen LogP contribution in [-0.2, 0) is 14.8 Å². The molecule has 0 bridgehead atoms. The number of aliphatic hydroxyl groups is 1. The summed E-state index contributed by atoms with van der Waals surface area (Å²) < 4.78 is 27.1. The predicted octanol–water partition coefficient (Wildman–Crippen LogP) is 4.01. The van der Waals surface area contributed by atoms with Crippen LogP contribution in [0.2, 0.25) is 0 Å². The van der Waals surface area contributed by atoms with Crippen LogP contribution in [0, 0.1) is 17.8 Å². The highest BCUT2D eigenvalue weighted by Crippen LogP contribution is 2.28. The van der Waals surface area contributed by atoms with Gasteiger partial charge in [0.1, 0.15) is 0 Å². The lowest BCUT2D eigenvalue weighted by atomic mass is 9.87. The van der Waals surface area contributed by atoms with E-state index in [4.69, 9.17) is 0 Å². The van der Waals surface area contributed by atoms with Crippen molar-refractivity contribution < 1.29 is 18.3 Å². The molecule has 1 amide bonds. The van der Waals surface area contributed by atoms with E-state index in [0.29, 0.717) is 19.4 Å². The largest absolute Gasteiger partial charge is 0.361 e.